The highest BCUT2D eigenvalue weighted by atomic mass is 35.5. The molecule has 2 aromatic carbocycles. The van der Waals surface area contributed by atoms with E-state index in [0.29, 0.717) is 23.8 Å². The van der Waals surface area contributed by atoms with E-state index in [1.807, 2.05) is 24.3 Å². The van der Waals surface area contributed by atoms with Gasteiger partial charge in [-0.3, -0.25) is 4.79 Å². The topological polar surface area (TPSA) is 83.5 Å². The molecule has 31 heavy (non-hydrogen) atoms. The molecule has 2 rings (SSSR count). The number of aryl methyl sites for hydroxylation is 1. The Morgan fingerprint density at radius 3 is 2.19 bits per heavy atom. The van der Waals surface area contributed by atoms with Crippen molar-refractivity contribution >= 4 is 27.6 Å². The highest BCUT2D eigenvalue weighted by molar-refractivity contribution is 7.89. The number of carbonyl (C=O) groups is 1. The van der Waals surface area contributed by atoms with Gasteiger partial charge < -0.3 is 5.11 Å². The third-order valence-corrected chi connectivity index (χ3v) is 6.92. The van der Waals surface area contributed by atoms with Gasteiger partial charge in [-0.05, 0) is 67.0 Å². The van der Waals surface area contributed by atoms with Crippen molar-refractivity contribution in [2.45, 2.75) is 69.7 Å². The zero-order valence-corrected chi connectivity index (χ0v) is 19.8. The summed E-state index contributed by atoms with van der Waals surface area (Å²) in [5.41, 5.74) is 2.05. The smallest absolute Gasteiger partial charge is 0.303 e. The quantitative estimate of drug-likeness (QED) is 0.356. The van der Waals surface area contributed by atoms with Gasteiger partial charge in [-0.15, -0.1) is 0 Å². The minimum atomic E-state index is -3.68. The first-order valence-electron chi connectivity index (χ1n) is 10.8. The Labute approximate surface area is 190 Å². The van der Waals surface area contributed by atoms with E-state index in [-0.39, 0.29) is 17.4 Å². The van der Waals surface area contributed by atoms with Crippen LogP contribution >= 0.6 is 11.6 Å². The van der Waals surface area contributed by atoms with Crippen LogP contribution in [0.1, 0.15) is 69.5 Å². The summed E-state index contributed by atoms with van der Waals surface area (Å²) in [6.07, 6.45) is 5.11. The monoisotopic (exact) mass is 465 g/mol. The van der Waals surface area contributed by atoms with Gasteiger partial charge in [0.25, 0.3) is 0 Å². The summed E-state index contributed by atoms with van der Waals surface area (Å²) in [4.78, 5) is 10.8. The number of aliphatic carboxylic acids is 1. The van der Waals surface area contributed by atoms with Crippen molar-refractivity contribution in [2.75, 3.05) is 0 Å². The molecule has 1 unspecified atom stereocenters. The molecule has 5 nitrogen and oxygen atoms in total. The van der Waals surface area contributed by atoms with E-state index in [4.69, 9.17) is 16.7 Å². The second-order valence-electron chi connectivity index (χ2n) is 8.29. The molecule has 0 heterocycles. The number of carboxylic acids is 1. The molecule has 2 N–H and O–H groups in total. The van der Waals surface area contributed by atoms with Gasteiger partial charge in [-0.2, -0.15) is 0 Å². The van der Waals surface area contributed by atoms with Crippen molar-refractivity contribution in [3.05, 3.63) is 64.7 Å². The van der Waals surface area contributed by atoms with Gasteiger partial charge in [0.1, 0.15) is 0 Å². The van der Waals surface area contributed by atoms with Gasteiger partial charge in [0, 0.05) is 17.5 Å². The van der Waals surface area contributed by atoms with Crippen molar-refractivity contribution in [1.82, 2.24) is 4.72 Å². The number of hydrogen-bond acceptors (Lipinski definition) is 3. The molecule has 170 valence electrons. The van der Waals surface area contributed by atoms with E-state index in [0.717, 1.165) is 36.8 Å². The van der Waals surface area contributed by atoms with E-state index in [1.54, 1.807) is 12.1 Å². The average molecular weight is 466 g/mol. The zero-order chi connectivity index (χ0) is 22.9. The second-order valence-corrected chi connectivity index (χ2v) is 10.4. The van der Waals surface area contributed by atoms with Crippen LogP contribution in [0.3, 0.4) is 0 Å². The lowest BCUT2D eigenvalue weighted by molar-refractivity contribution is -0.137. The predicted molar refractivity (Wildman–Crippen MR) is 125 cm³/mol. The molecule has 0 bridgehead atoms. The fourth-order valence-electron chi connectivity index (χ4n) is 3.41. The molecule has 0 spiro atoms. The van der Waals surface area contributed by atoms with E-state index in [9.17, 15) is 13.2 Å². The predicted octanol–water partition coefficient (Wildman–Crippen LogP) is 5.98. The summed E-state index contributed by atoms with van der Waals surface area (Å²) < 4.78 is 28.7. The van der Waals surface area contributed by atoms with Crippen LogP contribution in [0.4, 0.5) is 0 Å². The summed E-state index contributed by atoms with van der Waals surface area (Å²) in [7, 11) is -3.68. The molecule has 0 aromatic heterocycles. The minimum Gasteiger partial charge on any atom is -0.481 e. The molecule has 2 aromatic rings. The molecule has 0 amide bonds. The summed E-state index contributed by atoms with van der Waals surface area (Å²) in [6, 6.07) is 13.8. The SMILES string of the molecule is CC(C)CCCC(NS(=O)(=O)c1ccc(Cl)cc1)c1ccc(CCCCC(=O)O)cc1. The number of unbranched alkanes of at least 4 members (excludes halogenated alkanes) is 1. The summed E-state index contributed by atoms with van der Waals surface area (Å²) in [5, 5.41) is 9.23. The van der Waals surface area contributed by atoms with Crippen molar-refractivity contribution < 1.29 is 18.3 Å². The Kier molecular flexibility index (Phi) is 10.0. The maximum Gasteiger partial charge on any atom is 0.303 e. The standard InChI is InChI=1S/C24H32ClNO4S/c1-18(2)6-5-8-23(26-31(29,30)22-16-14-21(25)15-17-22)20-12-10-19(11-13-20)7-3-4-9-24(27)28/h10-18,23,26H,3-9H2,1-2H3,(H,27,28). The van der Waals surface area contributed by atoms with E-state index in [2.05, 4.69) is 18.6 Å². The Bertz CT molecular complexity index is 925. The molecule has 0 radical (unpaired) electrons. The molecule has 0 saturated carbocycles. The highest BCUT2D eigenvalue weighted by Gasteiger charge is 2.21. The Morgan fingerprint density at radius 2 is 1.61 bits per heavy atom. The number of benzene rings is 2. The van der Waals surface area contributed by atoms with Gasteiger partial charge >= 0.3 is 5.97 Å². The first-order valence-corrected chi connectivity index (χ1v) is 12.6. The van der Waals surface area contributed by atoms with Gasteiger partial charge in [-0.25, -0.2) is 13.1 Å². The molecule has 0 fully saturated rings. The molecule has 0 aliphatic heterocycles. The molecule has 7 heteroatoms. The summed E-state index contributed by atoms with van der Waals surface area (Å²) in [6.45, 7) is 4.32. The number of rotatable bonds is 13. The van der Waals surface area contributed by atoms with E-state index >= 15 is 0 Å². The Hall–Kier alpha value is -1.89. The van der Waals surface area contributed by atoms with Gasteiger partial charge in [0.2, 0.25) is 10.0 Å². The maximum atomic E-state index is 12.9. The fourth-order valence-corrected chi connectivity index (χ4v) is 4.80. The molecule has 0 aliphatic carbocycles. The number of halogens is 1. The average Bonchev–Trinajstić information content (AvgIpc) is 2.71. The molecule has 0 saturated heterocycles. The number of hydrogen-bond donors (Lipinski definition) is 2. The van der Waals surface area contributed by atoms with Crippen LogP contribution in [0.2, 0.25) is 5.02 Å². The van der Waals surface area contributed by atoms with Crippen molar-refractivity contribution in [3.8, 4) is 0 Å². The van der Waals surface area contributed by atoms with Gasteiger partial charge in [-0.1, -0.05) is 62.6 Å². The number of carboxylic acid groups (broad SMARTS) is 1. The zero-order valence-electron chi connectivity index (χ0n) is 18.2. The van der Waals surface area contributed by atoms with Crippen LogP contribution in [0.5, 0.6) is 0 Å². The van der Waals surface area contributed by atoms with Crippen molar-refractivity contribution in [1.29, 1.82) is 0 Å². The van der Waals surface area contributed by atoms with Gasteiger partial charge in [0.05, 0.1) is 4.90 Å². The highest BCUT2D eigenvalue weighted by Crippen LogP contribution is 2.25. The third-order valence-electron chi connectivity index (χ3n) is 5.18. The van der Waals surface area contributed by atoms with Crippen LogP contribution in [0.25, 0.3) is 0 Å². The van der Waals surface area contributed by atoms with Crippen LogP contribution in [-0.4, -0.2) is 19.5 Å². The Balaban J connectivity index is 2.11. The van der Waals surface area contributed by atoms with Crippen LogP contribution < -0.4 is 4.72 Å². The first-order chi connectivity index (χ1) is 14.7. The summed E-state index contributed by atoms with van der Waals surface area (Å²) >= 11 is 5.89. The van der Waals surface area contributed by atoms with E-state index in [1.165, 1.54) is 12.1 Å². The lowest BCUT2D eigenvalue weighted by Gasteiger charge is -2.20. The maximum absolute atomic E-state index is 12.9. The van der Waals surface area contributed by atoms with E-state index < -0.39 is 16.0 Å². The Morgan fingerprint density at radius 1 is 0.968 bits per heavy atom. The lowest BCUT2D eigenvalue weighted by atomic mass is 9.97. The third kappa shape index (κ3) is 9.01. The second kappa shape index (κ2) is 12.2. The van der Waals surface area contributed by atoms with Crippen LogP contribution in [0.15, 0.2) is 53.4 Å². The lowest BCUT2D eigenvalue weighted by Crippen LogP contribution is -2.28. The normalized spacial score (nSPS) is 12.8. The van der Waals surface area contributed by atoms with Crippen molar-refractivity contribution in [3.63, 3.8) is 0 Å². The fraction of sp³-hybridized carbons (Fsp3) is 0.458. The molecular formula is C24H32ClNO4S. The van der Waals surface area contributed by atoms with Crippen LogP contribution in [-0.2, 0) is 21.2 Å². The summed E-state index contributed by atoms with van der Waals surface area (Å²) in [5.74, 6) is -0.214. The minimum absolute atomic E-state index is 0.183. The molecule has 0 aliphatic rings. The molecular weight excluding hydrogens is 434 g/mol. The van der Waals surface area contributed by atoms with Crippen molar-refractivity contribution in [2.24, 2.45) is 5.92 Å². The number of nitrogens with one attached hydrogen (secondary N) is 1. The van der Waals surface area contributed by atoms with Crippen LogP contribution in [0, 0.1) is 5.92 Å². The number of sulfonamides is 1. The first kappa shape index (κ1) is 25.4. The largest absolute Gasteiger partial charge is 0.481 e. The molecule has 1 atom stereocenters. The van der Waals surface area contributed by atoms with Gasteiger partial charge in [0.15, 0.2) is 0 Å².